The van der Waals surface area contributed by atoms with E-state index in [1.165, 1.54) is 11.1 Å². The normalized spacial score (nSPS) is 10.6. The third-order valence-electron chi connectivity index (χ3n) is 3.73. The number of rotatable bonds is 7. The van der Waals surface area contributed by atoms with Gasteiger partial charge in [-0.1, -0.05) is 29.8 Å². The molecular weight excluding hydrogens is 314 g/mol. The fourth-order valence-electron chi connectivity index (χ4n) is 2.52. The number of pyridine rings is 1. The zero-order valence-electron chi connectivity index (χ0n) is 14.2. The molecule has 0 bridgehead atoms. The Bertz CT molecular complexity index is 837. The van der Waals surface area contributed by atoms with E-state index in [1.54, 1.807) is 12.5 Å². The van der Waals surface area contributed by atoms with Crippen molar-refractivity contribution in [2.45, 2.75) is 19.8 Å². The largest absolute Gasteiger partial charge is 0.396 e. The summed E-state index contributed by atoms with van der Waals surface area (Å²) in [5.74, 6) is 2.11. The summed E-state index contributed by atoms with van der Waals surface area (Å²) >= 11 is 0. The smallest absolute Gasteiger partial charge is 0.163 e. The molecule has 0 fully saturated rings. The van der Waals surface area contributed by atoms with Crippen LogP contribution in [-0.4, -0.2) is 38.2 Å². The second kappa shape index (κ2) is 8.30. The number of aryl methyl sites for hydroxylation is 1. The Kier molecular flexibility index (Phi) is 5.64. The lowest BCUT2D eigenvalue weighted by Gasteiger charge is -2.07. The Morgan fingerprint density at radius 2 is 2.00 bits per heavy atom. The predicted molar refractivity (Wildman–Crippen MR) is 97.2 cm³/mol. The molecule has 25 heavy (non-hydrogen) atoms. The molecule has 0 saturated carbocycles. The van der Waals surface area contributed by atoms with Gasteiger partial charge in [0.2, 0.25) is 0 Å². The van der Waals surface area contributed by atoms with Gasteiger partial charge in [-0.15, -0.1) is 0 Å². The number of nitrogens with one attached hydrogen (secondary N) is 1. The third kappa shape index (κ3) is 4.81. The molecule has 0 radical (unpaired) electrons. The van der Waals surface area contributed by atoms with Crippen molar-refractivity contribution in [3.63, 3.8) is 0 Å². The van der Waals surface area contributed by atoms with Gasteiger partial charge in [0.25, 0.3) is 0 Å². The van der Waals surface area contributed by atoms with Gasteiger partial charge in [-0.3, -0.25) is 0 Å². The van der Waals surface area contributed by atoms with Gasteiger partial charge >= 0.3 is 0 Å². The molecule has 0 aliphatic carbocycles. The average Bonchev–Trinajstić information content (AvgIpc) is 2.63. The van der Waals surface area contributed by atoms with Crippen molar-refractivity contribution in [2.75, 3.05) is 18.5 Å². The summed E-state index contributed by atoms with van der Waals surface area (Å²) in [4.78, 5) is 17.4. The maximum Gasteiger partial charge on any atom is 0.163 e. The molecule has 2 N–H and O–H groups in total. The van der Waals surface area contributed by atoms with Crippen molar-refractivity contribution in [2.24, 2.45) is 0 Å². The van der Waals surface area contributed by atoms with Gasteiger partial charge in [0.05, 0.1) is 0 Å². The van der Waals surface area contributed by atoms with Crippen LogP contribution in [-0.2, 0) is 6.42 Å². The Labute approximate surface area is 147 Å². The minimum atomic E-state index is 0.155. The molecule has 1 aromatic carbocycles. The standard InChI is InChI=1S/C19H21N5O/c1-14-4-2-5-15(10-14)11-18-22-13-23-19(24-18)16-6-8-21-17(12-16)20-7-3-9-25/h2,4-6,8,10,12-13,25H,3,7,9,11H2,1H3,(H,20,21). The third-order valence-corrected chi connectivity index (χ3v) is 3.73. The number of aromatic nitrogens is 4. The van der Waals surface area contributed by atoms with Crippen molar-refractivity contribution < 1.29 is 5.11 Å². The highest BCUT2D eigenvalue weighted by molar-refractivity contribution is 5.59. The van der Waals surface area contributed by atoms with Crippen molar-refractivity contribution in [1.29, 1.82) is 0 Å². The van der Waals surface area contributed by atoms with E-state index >= 15 is 0 Å². The Morgan fingerprint density at radius 3 is 2.84 bits per heavy atom. The number of aliphatic hydroxyl groups excluding tert-OH is 1. The van der Waals surface area contributed by atoms with Crippen LogP contribution >= 0.6 is 0 Å². The van der Waals surface area contributed by atoms with Gasteiger partial charge < -0.3 is 10.4 Å². The molecule has 3 rings (SSSR count). The van der Waals surface area contributed by atoms with Crippen molar-refractivity contribution in [3.05, 3.63) is 65.9 Å². The molecule has 3 aromatic rings. The van der Waals surface area contributed by atoms with Crippen LogP contribution in [0.4, 0.5) is 5.82 Å². The van der Waals surface area contributed by atoms with Crippen molar-refractivity contribution >= 4 is 5.82 Å². The number of hydrogen-bond acceptors (Lipinski definition) is 6. The average molecular weight is 335 g/mol. The molecule has 6 heteroatoms. The first-order chi connectivity index (χ1) is 12.2. The number of aliphatic hydroxyl groups is 1. The number of anilines is 1. The highest BCUT2D eigenvalue weighted by atomic mass is 16.3. The molecule has 2 aromatic heterocycles. The molecule has 128 valence electrons. The van der Waals surface area contributed by atoms with E-state index in [1.807, 2.05) is 18.2 Å². The topological polar surface area (TPSA) is 83.8 Å². The molecule has 0 aliphatic heterocycles. The highest BCUT2D eigenvalue weighted by Crippen LogP contribution is 2.17. The van der Waals surface area contributed by atoms with Crippen LogP contribution in [0.5, 0.6) is 0 Å². The molecule has 0 atom stereocenters. The van der Waals surface area contributed by atoms with E-state index in [9.17, 15) is 0 Å². The van der Waals surface area contributed by atoms with E-state index in [2.05, 4.69) is 50.4 Å². The fourth-order valence-corrected chi connectivity index (χ4v) is 2.52. The maximum atomic E-state index is 8.86. The Hall–Kier alpha value is -2.86. The summed E-state index contributed by atoms with van der Waals surface area (Å²) in [5, 5.41) is 12.0. The zero-order chi connectivity index (χ0) is 17.5. The minimum Gasteiger partial charge on any atom is -0.396 e. The molecule has 2 heterocycles. The van der Waals surface area contributed by atoms with E-state index in [0.717, 1.165) is 17.2 Å². The van der Waals surface area contributed by atoms with E-state index in [4.69, 9.17) is 5.11 Å². The summed E-state index contributed by atoms with van der Waals surface area (Å²) in [5.41, 5.74) is 3.28. The lowest BCUT2D eigenvalue weighted by atomic mass is 10.1. The van der Waals surface area contributed by atoms with Crippen LogP contribution in [0.25, 0.3) is 11.4 Å². The van der Waals surface area contributed by atoms with Crippen LogP contribution in [0, 0.1) is 6.92 Å². The summed E-state index contributed by atoms with van der Waals surface area (Å²) in [6.07, 6.45) is 4.62. The zero-order valence-corrected chi connectivity index (χ0v) is 14.2. The monoisotopic (exact) mass is 335 g/mol. The second-order valence-electron chi connectivity index (χ2n) is 5.82. The van der Waals surface area contributed by atoms with Crippen molar-refractivity contribution in [3.8, 4) is 11.4 Å². The van der Waals surface area contributed by atoms with Gasteiger partial charge in [-0.25, -0.2) is 19.9 Å². The molecule has 0 amide bonds. The van der Waals surface area contributed by atoms with Gasteiger partial charge in [0.1, 0.15) is 18.0 Å². The van der Waals surface area contributed by atoms with Crippen LogP contribution in [0.1, 0.15) is 23.4 Å². The summed E-state index contributed by atoms with van der Waals surface area (Å²) < 4.78 is 0. The second-order valence-corrected chi connectivity index (χ2v) is 5.82. The highest BCUT2D eigenvalue weighted by Gasteiger charge is 2.06. The molecular formula is C19H21N5O. The van der Waals surface area contributed by atoms with Crippen LogP contribution in [0.2, 0.25) is 0 Å². The Morgan fingerprint density at radius 1 is 1.08 bits per heavy atom. The summed E-state index contributed by atoms with van der Waals surface area (Å²) in [7, 11) is 0. The number of hydrogen-bond donors (Lipinski definition) is 2. The van der Waals surface area contributed by atoms with Crippen LogP contribution < -0.4 is 5.32 Å². The molecule has 0 aliphatic rings. The van der Waals surface area contributed by atoms with Gasteiger partial charge in [0, 0.05) is 31.3 Å². The van der Waals surface area contributed by atoms with Crippen molar-refractivity contribution in [1.82, 2.24) is 19.9 Å². The maximum absolute atomic E-state index is 8.86. The first kappa shape index (κ1) is 17.0. The van der Waals surface area contributed by atoms with E-state index < -0.39 is 0 Å². The van der Waals surface area contributed by atoms with Crippen LogP contribution in [0.3, 0.4) is 0 Å². The first-order valence-corrected chi connectivity index (χ1v) is 8.29. The van der Waals surface area contributed by atoms with E-state index in [0.29, 0.717) is 25.2 Å². The summed E-state index contributed by atoms with van der Waals surface area (Å²) in [6, 6.07) is 12.1. The summed E-state index contributed by atoms with van der Waals surface area (Å²) in [6.45, 7) is 2.90. The molecule has 0 saturated heterocycles. The van der Waals surface area contributed by atoms with Gasteiger partial charge in [-0.05, 0) is 31.0 Å². The SMILES string of the molecule is Cc1cccc(Cc2ncnc(-c3ccnc(NCCCO)c3)n2)c1. The molecule has 0 spiro atoms. The lowest BCUT2D eigenvalue weighted by Crippen LogP contribution is -2.05. The van der Waals surface area contributed by atoms with Crippen LogP contribution in [0.15, 0.2) is 48.9 Å². The first-order valence-electron chi connectivity index (χ1n) is 8.29. The fraction of sp³-hybridized carbons (Fsp3) is 0.263. The van der Waals surface area contributed by atoms with E-state index in [-0.39, 0.29) is 6.61 Å². The Balaban J connectivity index is 1.78. The molecule has 6 nitrogen and oxygen atoms in total. The van der Waals surface area contributed by atoms with Gasteiger partial charge in [0.15, 0.2) is 5.82 Å². The number of nitrogens with zero attached hydrogens (tertiary/aromatic N) is 4. The minimum absolute atomic E-state index is 0.155. The molecule has 0 unspecified atom stereocenters. The number of benzene rings is 1. The lowest BCUT2D eigenvalue weighted by molar-refractivity contribution is 0.292. The van der Waals surface area contributed by atoms with Gasteiger partial charge in [-0.2, -0.15) is 0 Å². The predicted octanol–water partition coefficient (Wildman–Crippen LogP) is 2.63. The quantitative estimate of drug-likeness (QED) is 0.646.